The average molecular weight is 707 g/mol. The van der Waals surface area contributed by atoms with E-state index in [1.807, 2.05) is 35.1 Å². The molecule has 0 aliphatic carbocycles. The Hall–Kier alpha value is -6.58. The molecule has 16 heteroatoms. The number of amides is 4. The number of carbonyl (C=O) groups excluding carboxylic acids is 4. The highest BCUT2D eigenvalue weighted by Gasteiger charge is 2.23. The minimum absolute atomic E-state index is 0.117. The van der Waals surface area contributed by atoms with Gasteiger partial charge in [0.1, 0.15) is 0 Å². The lowest BCUT2D eigenvalue weighted by molar-refractivity contribution is 0.0985. The van der Waals surface area contributed by atoms with Crippen molar-refractivity contribution in [1.82, 2.24) is 29.1 Å². The van der Waals surface area contributed by atoms with Crippen LogP contribution >= 0.6 is 0 Å². The molecule has 4 amide bonds. The second-order valence-electron chi connectivity index (χ2n) is 12.0. The Labute approximate surface area is 297 Å². The number of carbonyl (C=O) groups is 4. The first-order chi connectivity index (χ1) is 25.0. The van der Waals surface area contributed by atoms with Gasteiger partial charge in [0.15, 0.2) is 11.8 Å². The zero-order valence-corrected chi connectivity index (χ0v) is 29.1. The number of nitrogens with one attached hydrogen (secondary N) is 2. The third kappa shape index (κ3) is 7.17. The fourth-order valence-electron chi connectivity index (χ4n) is 5.94. The van der Waals surface area contributed by atoms with E-state index in [4.69, 9.17) is 20.3 Å². The van der Waals surface area contributed by atoms with Gasteiger partial charge in [-0.3, -0.25) is 29.8 Å². The molecule has 52 heavy (non-hydrogen) atoms. The normalized spacial score (nSPS) is 11.5. The Bertz CT molecular complexity index is 2210. The molecular formula is C36H38N10O6. The third-order valence-corrected chi connectivity index (χ3v) is 8.41. The van der Waals surface area contributed by atoms with E-state index in [1.54, 1.807) is 50.2 Å². The van der Waals surface area contributed by atoms with Gasteiger partial charge in [0.05, 0.1) is 33.5 Å². The maximum Gasteiger partial charge on any atom is 0.295 e. The summed E-state index contributed by atoms with van der Waals surface area (Å²) in [5.41, 5.74) is 15.1. The minimum atomic E-state index is -0.588. The lowest BCUT2D eigenvalue weighted by atomic mass is 10.2. The number of nitrogens with zero attached hydrogens (tertiary/aromatic N) is 6. The number of primary amides is 2. The number of aromatic nitrogens is 6. The fraction of sp³-hybridized carbons (Fsp3) is 0.278. The predicted molar refractivity (Wildman–Crippen MR) is 192 cm³/mol. The van der Waals surface area contributed by atoms with Crippen molar-refractivity contribution in [2.45, 2.75) is 66.5 Å². The van der Waals surface area contributed by atoms with Crippen molar-refractivity contribution >= 4 is 57.6 Å². The number of allylic oxidation sites excluding steroid dienone is 2. The largest absolute Gasteiger partial charge is 0.436 e. The summed E-state index contributed by atoms with van der Waals surface area (Å²) in [6.07, 6.45) is 6.15. The standard InChI is InChI=1S/C36H38N10O6/c1-5-23-29(51-19(3)39-23)33(49)43-35-41-25-17-21(31(37)47)11-13-27(25)45(35)15-9-7-8-10-16-46-28-14-12-22(32(38)48)18-26(28)42-36(46)44-34(50)30-24(6-2)40-20(4)52-30/h7-8,11-14,17-18H,5-6,9-10,15-16H2,1-4H3,(H2,37,47)(H2,38,48)(H,41,43,49)(H,42,44,50)/b8-7+. The second kappa shape index (κ2) is 14.7. The Morgan fingerprint density at radius 2 is 1.08 bits per heavy atom. The highest BCUT2D eigenvalue weighted by atomic mass is 16.4. The quantitative estimate of drug-likeness (QED) is 0.113. The van der Waals surface area contributed by atoms with Crippen LogP contribution in [0, 0.1) is 13.8 Å². The number of rotatable bonds is 14. The van der Waals surface area contributed by atoms with E-state index in [2.05, 4.69) is 30.6 Å². The van der Waals surface area contributed by atoms with Crippen LogP contribution in [0.4, 0.5) is 11.9 Å². The van der Waals surface area contributed by atoms with Crippen molar-refractivity contribution < 1.29 is 28.0 Å². The number of nitrogens with two attached hydrogens (primary N) is 2. The van der Waals surface area contributed by atoms with E-state index in [0.717, 1.165) is 0 Å². The van der Waals surface area contributed by atoms with Crippen LogP contribution in [0.5, 0.6) is 0 Å². The molecule has 0 bridgehead atoms. The third-order valence-electron chi connectivity index (χ3n) is 8.41. The summed E-state index contributed by atoms with van der Waals surface area (Å²) in [7, 11) is 0. The van der Waals surface area contributed by atoms with Crippen LogP contribution < -0.4 is 22.1 Å². The molecule has 16 nitrogen and oxygen atoms in total. The summed E-state index contributed by atoms with van der Waals surface area (Å²) >= 11 is 0. The van der Waals surface area contributed by atoms with Crippen molar-refractivity contribution in [3.05, 3.63) is 94.4 Å². The smallest absolute Gasteiger partial charge is 0.295 e. The van der Waals surface area contributed by atoms with Crippen LogP contribution in [-0.4, -0.2) is 52.7 Å². The summed E-state index contributed by atoms with van der Waals surface area (Å²) in [5.74, 6) is -0.583. The minimum Gasteiger partial charge on any atom is -0.436 e. The number of hydrogen-bond acceptors (Lipinski definition) is 10. The summed E-state index contributed by atoms with van der Waals surface area (Å²) in [6.45, 7) is 8.00. The van der Waals surface area contributed by atoms with Gasteiger partial charge < -0.3 is 29.4 Å². The Kier molecular flexibility index (Phi) is 9.98. The van der Waals surface area contributed by atoms with E-state index in [1.165, 1.54) is 0 Å². The number of benzene rings is 2. The number of fused-ring (bicyclic) bond motifs is 2. The average Bonchev–Trinajstić information content (AvgIpc) is 3.87. The summed E-state index contributed by atoms with van der Waals surface area (Å²) in [6, 6.07) is 9.88. The molecule has 6 rings (SSSR count). The number of aryl methyl sites for hydroxylation is 6. The zero-order valence-electron chi connectivity index (χ0n) is 29.1. The summed E-state index contributed by atoms with van der Waals surface area (Å²) < 4.78 is 14.8. The molecule has 0 aliphatic rings. The first kappa shape index (κ1) is 35.3. The molecule has 0 radical (unpaired) electrons. The summed E-state index contributed by atoms with van der Waals surface area (Å²) in [4.78, 5) is 67.9. The molecule has 4 heterocycles. The first-order valence-electron chi connectivity index (χ1n) is 16.8. The van der Waals surface area contributed by atoms with Crippen molar-refractivity contribution in [1.29, 1.82) is 0 Å². The van der Waals surface area contributed by atoms with E-state index in [0.29, 0.717) is 95.1 Å². The van der Waals surface area contributed by atoms with E-state index >= 15 is 0 Å². The van der Waals surface area contributed by atoms with Crippen molar-refractivity contribution in [2.75, 3.05) is 10.6 Å². The molecule has 0 fully saturated rings. The molecule has 0 aliphatic heterocycles. The Morgan fingerprint density at radius 3 is 1.44 bits per heavy atom. The van der Waals surface area contributed by atoms with Crippen LogP contribution in [0.1, 0.15) is 91.7 Å². The van der Waals surface area contributed by atoms with E-state index in [-0.39, 0.29) is 23.4 Å². The predicted octanol–water partition coefficient (Wildman–Crippen LogP) is 4.84. The Morgan fingerprint density at radius 1 is 0.673 bits per heavy atom. The number of oxazole rings is 2. The van der Waals surface area contributed by atoms with Crippen LogP contribution in [0.2, 0.25) is 0 Å². The van der Waals surface area contributed by atoms with Gasteiger partial charge in [0.2, 0.25) is 35.2 Å². The lowest BCUT2D eigenvalue weighted by Crippen LogP contribution is -2.17. The van der Waals surface area contributed by atoms with E-state index < -0.39 is 23.6 Å². The maximum atomic E-state index is 13.2. The molecular weight excluding hydrogens is 668 g/mol. The maximum absolute atomic E-state index is 13.2. The van der Waals surface area contributed by atoms with Crippen molar-refractivity contribution in [3.8, 4) is 0 Å². The Balaban J connectivity index is 1.20. The summed E-state index contributed by atoms with van der Waals surface area (Å²) in [5, 5.41) is 5.70. The van der Waals surface area contributed by atoms with Gasteiger partial charge in [0, 0.05) is 38.1 Å². The topological polar surface area (TPSA) is 232 Å². The number of imidazole rings is 2. The van der Waals surface area contributed by atoms with Gasteiger partial charge in [-0.2, -0.15) is 0 Å². The molecule has 6 aromatic rings. The van der Waals surface area contributed by atoms with Crippen LogP contribution in [0.3, 0.4) is 0 Å². The first-order valence-corrected chi connectivity index (χ1v) is 16.8. The molecule has 0 unspecified atom stereocenters. The molecule has 268 valence electrons. The van der Waals surface area contributed by atoms with Crippen molar-refractivity contribution in [2.24, 2.45) is 11.5 Å². The fourth-order valence-corrected chi connectivity index (χ4v) is 5.94. The lowest BCUT2D eigenvalue weighted by Gasteiger charge is -2.09. The molecule has 6 N–H and O–H groups in total. The molecule has 2 aromatic carbocycles. The van der Waals surface area contributed by atoms with Gasteiger partial charge in [0.25, 0.3) is 11.8 Å². The van der Waals surface area contributed by atoms with Crippen LogP contribution in [0.15, 0.2) is 57.4 Å². The molecule has 0 saturated carbocycles. The highest BCUT2D eigenvalue weighted by Crippen LogP contribution is 2.25. The monoisotopic (exact) mass is 706 g/mol. The number of anilines is 2. The van der Waals surface area contributed by atoms with Gasteiger partial charge in [-0.1, -0.05) is 26.0 Å². The van der Waals surface area contributed by atoms with Gasteiger partial charge in [-0.15, -0.1) is 0 Å². The molecule has 4 aromatic heterocycles. The molecule has 0 spiro atoms. The highest BCUT2D eigenvalue weighted by molar-refractivity contribution is 6.04. The number of hydrogen-bond donors (Lipinski definition) is 4. The zero-order chi connectivity index (χ0) is 37.1. The SMILES string of the molecule is CCc1nc(C)oc1C(=O)Nc1nc2cc(C(N)=O)ccc2n1CC/C=C/CCn1c(NC(=O)c2oc(C)nc2CC)nc2cc(C(N)=O)ccc21. The van der Waals surface area contributed by atoms with Gasteiger partial charge >= 0.3 is 0 Å². The van der Waals surface area contributed by atoms with Gasteiger partial charge in [-0.05, 0) is 62.1 Å². The molecule has 0 atom stereocenters. The van der Waals surface area contributed by atoms with Crippen LogP contribution in [-0.2, 0) is 25.9 Å². The van der Waals surface area contributed by atoms with E-state index in [9.17, 15) is 19.2 Å². The second-order valence-corrected chi connectivity index (χ2v) is 12.0. The van der Waals surface area contributed by atoms with Crippen LogP contribution in [0.25, 0.3) is 22.1 Å². The van der Waals surface area contributed by atoms with Crippen molar-refractivity contribution in [3.63, 3.8) is 0 Å². The van der Waals surface area contributed by atoms with Gasteiger partial charge in [-0.25, -0.2) is 19.9 Å². The molecule has 0 saturated heterocycles.